The lowest BCUT2D eigenvalue weighted by Crippen LogP contribution is -2.14. The quantitative estimate of drug-likeness (QED) is 0.426. The predicted octanol–water partition coefficient (Wildman–Crippen LogP) is 4.19. The van der Waals surface area contributed by atoms with Crippen molar-refractivity contribution in [2.75, 3.05) is 5.32 Å². The fourth-order valence-corrected chi connectivity index (χ4v) is 3.43. The number of carbonyl (C=O) groups is 1. The Morgan fingerprint density at radius 1 is 1.09 bits per heavy atom. The number of pyridine rings is 1. The van der Waals surface area contributed by atoms with Crippen LogP contribution in [0.5, 0.6) is 5.75 Å². The molecule has 5 rings (SSSR count). The number of hydrogen-bond donors (Lipinski definition) is 1. The Hall–Kier alpha value is -4.53. The van der Waals surface area contributed by atoms with Gasteiger partial charge in [-0.3, -0.25) is 4.79 Å². The molecule has 0 radical (unpaired) electrons. The number of aromatic nitrogens is 5. The van der Waals surface area contributed by atoms with E-state index in [4.69, 9.17) is 4.74 Å². The number of hydrogen-bond acceptors (Lipinski definition) is 5. The van der Waals surface area contributed by atoms with Crippen LogP contribution in [0, 0.1) is 12.7 Å². The highest BCUT2D eigenvalue weighted by atomic mass is 19.1. The van der Waals surface area contributed by atoms with Crippen molar-refractivity contribution in [1.82, 2.24) is 24.4 Å². The minimum atomic E-state index is -0.404. The van der Waals surface area contributed by atoms with Crippen molar-refractivity contribution >= 4 is 17.2 Å². The second-order valence-corrected chi connectivity index (χ2v) is 7.38. The molecule has 0 aliphatic heterocycles. The van der Waals surface area contributed by atoms with Crippen molar-refractivity contribution in [2.45, 2.75) is 13.5 Å². The summed E-state index contributed by atoms with van der Waals surface area (Å²) in [5.41, 5.74) is 3.53. The first kappa shape index (κ1) is 20.4. The van der Waals surface area contributed by atoms with Gasteiger partial charge in [0.2, 0.25) is 0 Å². The van der Waals surface area contributed by atoms with E-state index in [0.717, 1.165) is 11.3 Å². The molecular weight excluding hydrogens is 423 g/mol. The standard InChI is InChI=1S/C24H19FN6O2/c1-16-23(28-29-31(16)20-10-8-17(25)9-11-20)24(32)27-18-5-4-6-21(13-18)33-15-19-14-30-12-3-2-7-22(30)26-19/h2-14H,15H2,1H3,(H,27,32). The molecule has 164 valence electrons. The summed E-state index contributed by atoms with van der Waals surface area (Å²) in [4.78, 5) is 17.3. The van der Waals surface area contributed by atoms with Gasteiger partial charge in [-0.1, -0.05) is 17.3 Å². The molecule has 9 heteroatoms. The van der Waals surface area contributed by atoms with Crippen LogP contribution in [0.2, 0.25) is 0 Å². The van der Waals surface area contributed by atoms with Crippen LogP contribution in [-0.4, -0.2) is 30.3 Å². The van der Waals surface area contributed by atoms with Gasteiger partial charge >= 0.3 is 0 Å². The summed E-state index contributed by atoms with van der Waals surface area (Å²) in [5, 5.41) is 10.8. The number of amides is 1. The predicted molar refractivity (Wildman–Crippen MR) is 120 cm³/mol. The zero-order valence-corrected chi connectivity index (χ0v) is 17.6. The van der Waals surface area contributed by atoms with Crippen molar-refractivity contribution in [1.29, 1.82) is 0 Å². The maximum atomic E-state index is 13.2. The van der Waals surface area contributed by atoms with Crippen molar-refractivity contribution < 1.29 is 13.9 Å². The van der Waals surface area contributed by atoms with Gasteiger partial charge in [-0.25, -0.2) is 14.1 Å². The molecule has 0 atom stereocenters. The number of halogens is 1. The summed E-state index contributed by atoms with van der Waals surface area (Å²) >= 11 is 0. The third kappa shape index (κ3) is 4.29. The summed E-state index contributed by atoms with van der Waals surface area (Å²) < 4.78 is 22.5. The summed E-state index contributed by atoms with van der Waals surface area (Å²) in [7, 11) is 0. The van der Waals surface area contributed by atoms with Gasteiger partial charge in [-0.2, -0.15) is 0 Å². The Balaban J connectivity index is 1.27. The Morgan fingerprint density at radius 2 is 1.94 bits per heavy atom. The molecule has 0 aliphatic rings. The molecule has 5 aromatic rings. The van der Waals surface area contributed by atoms with E-state index in [1.807, 2.05) is 41.1 Å². The van der Waals surface area contributed by atoms with Gasteiger partial charge in [0.25, 0.3) is 5.91 Å². The molecule has 8 nitrogen and oxygen atoms in total. The Labute approximate surface area is 188 Å². The normalized spacial score (nSPS) is 11.0. The molecular formula is C24H19FN6O2. The highest BCUT2D eigenvalue weighted by Crippen LogP contribution is 2.20. The highest BCUT2D eigenvalue weighted by molar-refractivity contribution is 6.03. The first-order valence-corrected chi connectivity index (χ1v) is 10.2. The second-order valence-electron chi connectivity index (χ2n) is 7.38. The minimum Gasteiger partial charge on any atom is -0.487 e. The highest BCUT2D eigenvalue weighted by Gasteiger charge is 2.18. The molecule has 0 aliphatic carbocycles. The van der Waals surface area contributed by atoms with Crippen LogP contribution in [0.1, 0.15) is 21.9 Å². The van der Waals surface area contributed by atoms with Gasteiger partial charge in [0.15, 0.2) is 5.69 Å². The molecule has 0 spiro atoms. The molecule has 0 saturated heterocycles. The lowest BCUT2D eigenvalue weighted by atomic mass is 10.2. The largest absolute Gasteiger partial charge is 0.487 e. The van der Waals surface area contributed by atoms with E-state index in [-0.39, 0.29) is 11.5 Å². The maximum absolute atomic E-state index is 13.2. The molecule has 0 bridgehead atoms. The average molecular weight is 442 g/mol. The molecule has 1 amide bonds. The zero-order chi connectivity index (χ0) is 22.8. The zero-order valence-electron chi connectivity index (χ0n) is 17.6. The van der Waals surface area contributed by atoms with E-state index >= 15 is 0 Å². The van der Waals surface area contributed by atoms with Crippen LogP contribution in [0.25, 0.3) is 11.3 Å². The third-order valence-corrected chi connectivity index (χ3v) is 5.07. The van der Waals surface area contributed by atoms with E-state index in [1.54, 1.807) is 37.3 Å². The number of nitrogens with zero attached hydrogens (tertiary/aromatic N) is 5. The molecule has 3 aromatic heterocycles. The monoisotopic (exact) mass is 442 g/mol. The first-order chi connectivity index (χ1) is 16.1. The number of fused-ring (bicyclic) bond motifs is 1. The van der Waals surface area contributed by atoms with Crippen LogP contribution in [-0.2, 0) is 6.61 Å². The Bertz CT molecular complexity index is 1410. The second kappa shape index (κ2) is 8.54. The van der Waals surface area contributed by atoms with Crippen molar-refractivity contribution in [2.24, 2.45) is 0 Å². The molecule has 2 aromatic carbocycles. The smallest absolute Gasteiger partial charge is 0.278 e. The Kier molecular flexibility index (Phi) is 5.27. The summed E-state index contributed by atoms with van der Waals surface area (Å²) in [6.07, 6.45) is 3.84. The molecule has 0 fully saturated rings. The summed E-state index contributed by atoms with van der Waals surface area (Å²) in [6.45, 7) is 2.02. The van der Waals surface area contributed by atoms with Crippen LogP contribution in [0.15, 0.2) is 79.1 Å². The number of nitrogens with one attached hydrogen (secondary N) is 1. The van der Waals surface area contributed by atoms with Crippen molar-refractivity contribution in [3.05, 3.63) is 102 Å². The number of rotatable bonds is 6. The number of carbonyl (C=O) groups excluding carboxylic acids is 1. The Morgan fingerprint density at radius 3 is 2.76 bits per heavy atom. The molecule has 3 heterocycles. The summed E-state index contributed by atoms with van der Waals surface area (Å²) in [5.74, 6) is -0.160. The molecule has 0 saturated carbocycles. The minimum absolute atomic E-state index is 0.176. The van der Waals surface area contributed by atoms with Crippen LogP contribution in [0.3, 0.4) is 0 Å². The van der Waals surface area contributed by atoms with E-state index in [0.29, 0.717) is 29.4 Å². The lowest BCUT2D eigenvalue weighted by Gasteiger charge is -2.08. The van der Waals surface area contributed by atoms with Gasteiger partial charge in [0.05, 0.1) is 17.1 Å². The molecule has 1 N–H and O–H groups in total. The van der Waals surface area contributed by atoms with Gasteiger partial charge in [0, 0.05) is 24.1 Å². The van der Waals surface area contributed by atoms with Crippen molar-refractivity contribution in [3.63, 3.8) is 0 Å². The van der Waals surface area contributed by atoms with Gasteiger partial charge in [0.1, 0.15) is 23.8 Å². The van der Waals surface area contributed by atoms with E-state index < -0.39 is 5.91 Å². The van der Waals surface area contributed by atoms with Gasteiger partial charge in [-0.05, 0) is 55.5 Å². The lowest BCUT2D eigenvalue weighted by molar-refractivity contribution is 0.102. The molecule has 0 unspecified atom stereocenters. The fourth-order valence-electron chi connectivity index (χ4n) is 3.43. The summed E-state index contributed by atoms with van der Waals surface area (Å²) in [6, 6.07) is 18.7. The van der Waals surface area contributed by atoms with Gasteiger partial charge in [-0.15, -0.1) is 5.10 Å². The average Bonchev–Trinajstić information content (AvgIpc) is 3.42. The number of ether oxygens (including phenoxy) is 1. The fraction of sp³-hybridized carbons (Fsp3) is 0.0833. The van der Waals surface area contributed by atoms with E-state index in [9.17, 15) is 9.18 Å². The first-order valence-electron chi connectivity index (χ1n) is 10.2. The van der Waals surface area contributed by atoms with Crippen LogP contribution < -0.4 is 10.1 Å². The number of benzene rings is 2. The van der Waals surface area contributed by atoms with Gasteiger partial charge < -0.3 is 14.5 Å². The van der Waals surface area contributed by atoms with Crippen LogP contribution >= 0.6 is 0 Å². The SMILES string of the molecule is Cc1c(C(=O)Nc2cccc(OCc3cn4ccccc4n3)c2)nnn1-c1ccc(F)cc1. The molecule has 33 heavy (non-hydrogen) atoms. The topological polar surface area (TPSA) is 86.3 Å². The maximum Gasteiger partial charge on any atom is 0.278 e. The van der Waals surface area contributed by atoms with E-state index in [2.05, 4.69) is 20.6 Å². The third-order valence-electron chi connectivity index (χ3n) is 5.07. The number of anilines is 1. The van der Waals surface area contributed by atoms with Crippen LogP contribution in [0.4, 0.5) is 10.1 Å². The van der Waals surface area contributed by atoms with Crippen molar-refractivity contribution in [3.8, 4) is 11.4 Å². The number of imidazole rings is 1. The van der Waals surface area contributed by atoms with E-state index in [1.165, 1.54) is 16.8 Å².